The van der Waals surface area contributed by atoms with Gasteiger partial charge >= 0.3 is 0 Å². The van der Waals surface area contributed by atoms with Crippen LogP contribution >= 0.6 is 11.6 Å². The fraction of sp³-hybridized carbons (Fsp3) is 0.0769. The molecule has 0 atom stereocenters. The zero-order valence-corrected chi connectivity index (χ0v) is 10.5. The molecule has 2 aromatic carbocycles. The molecule has 0 spiro atoms. The first-order valence-corrected chi connectivity index (χ1v) is 5.63. The topological polar surface area (TPSA) is 47.3 Å². The molecule has 0 heterocycles. The Kier molecular flexibility index (Phi) is 3.58. The Balaban J connectivity index is 2.27. The van der Waals surface area contributed by atoms with Crippen molar-refractivity contribution >= 4 is 28.7 Å². The van der Waals surface area contributed by atoms with Crippen LogP contribution in [0, 0.1) is 5.82 Å². The van der Waals surface area contributed by atoms with E-state index in [0.717, 1.165) is 5.69 Å². The van der Waals surface area contributed by atoms with Crippen molar-refractivity contribution < 1.29 is 9.13 Å². The molecule has 0 unspecified atom stereocenters. The van der Waals surface area contributed by atoms with Crippen molar-refractivity contribution in [2.24, 2.45) is 0 Å². The lowest BCUT2D eigenvalue weighted by molar-refractivity contribution is 0.415. The van der Waals surface area contributed by atoms with Gasteiger partial charge in [-0.2, -0.15) is 0 Å². The van der Waals surface area contributed by atoms with Gasteiger partial charge in [0, 0.05) is 29.2 Å². The second-order valence-electron chi connectivity index (χ2n) is 3.75. The van der Waals surface area contributed by atoms with E-state index in [9.17, 15) is 4.39 Å². The Labute approximate surface area is 109 Å². The lowest BCUT2D eigenvalue weighted by atomic mass is 10.2. The van der Waals surface area contributed by atoms with Crippen LogP contribution in [-0.4, -0.2) is 7.11 Å². The highest BCUT2D eigenvalue weighted by Gasteiger charge is 2.03. The zero-order chi connectivity index (χ0) is 13.1. The van der Waals surface area contributed by atoms with Gasteiger partial charge in [-0.15, -0.1) is 0 Å². The van der Waals surface area contributed by atoms with E-state index in [1.54, 1.807) is 31.4 Å². The van der Waals surface area contributed by atoms with E-state index in [1.165, 1.54) is 12.1 Å². The van der Waals surface area contributed by atoms with Crippen LogP contribution in [0.1, 0.15) is 0 Å². The van der Waals surface area contributed by atoms with Gasteiger partial charge in [-0.1, -0.05) is 11.6 Å². The summed E-state index contributed by atoms with van der Waals surface area (Å²) >= 11 is 5.71. The standard InChI is InChI=1S/C13H12ClFN2O/c1-18-11-5-8(16)4-10(6-11)17-9-2-3-13(15)12(14)7-9/h2-7,17H,16H2,1H3. The van der Waals surface area contributed by atoms with Crippen molar-refractivity contribution in [1.29, 1.82) is 0 Å². The van der Waals surface area contributed by atoms with Crippen LogP contribution in [0.5, 0.6) is 5.75 Å². The number of nitrogen functional groups attached to an aromatic ring is 1. The summed E-state index contributed by atoms with van der Waals surface area (Å²) < 4.78 is 18.1. The summed E-state index contributed by atoms with van der Waals surface area (Å²) in [6, 6.07) is 9.65. The van der Waals surface area contributed by atoms with E-state index in [0.29, 0.717) is 17.1 Å². The second kappa shape index (κ2) is 5.14. The van der Waals surface area contributed by atoms with Gasteiger partial charge in [0.2, 0.25) is 0 Å². The summed E-state index contributed by atoms with van der Waals surface area (Å²) in [5.74, 6) is 0.193. The normalized spacial score (nSPS) is 10.2. The maximum atomic E-state index is 13.0. The first-order valence-electron chi connectivity index (χ1n) is 5.25. The van der Waals surface area contributed by atoms with Gasteiger partial charge in [-0.25, -0.2) is 4.39 Å². The molecule has 2 rings (SSSR count). The maximum absolute atomic E-state index is 13.0. The van der Waals surface area contributed by atoms with Crippen molar-refractivity contribution in [2.75, 3.05) is 18.2 Å². The van der Waals surface area contributed by atoms with Crippen molar-refractivity contribution in [2.45, 2.75) is 0 Å². The molecule has 3 nitrogen and oxygen atoms in total. The van der Waals surface area contributed by atoms with Crippen LogP contribution in [0.25, 0.3) is 0 Å². The summed E-state index contributed by atoms with van der Waals surface area (Å²) in [5, 5.41) is 3.14. The molecule has 0 aliphatic carbocycles. The van der Waals surface area contributed by atoms with Crippen LogP contribution < -0.4 is 15.8 Å². The van der Waals surface area contributed by atoms with Gasteiger partial charge < -0.3 is 15.8 Å². The van der Waals surface area contributed by atoms with Crippen molar-refractivity contribution in [3.63, 3.8) is 0 Å². The number of halogens is 2. The molecule has 0 saturated carbocycles. The molecule has 0 amide bonds. The van der Waals surface area contributed by atoms with Crippen LogP contribution in [0.3, 0.4) is 0 Å². The minimum absolute atomic E-state index is 0.0656. The number of benzene rings is 2. The predicted octanol–water partition coefficient (Wildman–Crippen LogP) is 3.81. The third-order valence-corrected chi connectivity index (χ3v) is 2.66. The molecule has 0 bridgehead atoms. The Morgan fingerprint density at radius 1 is 1.17 bits per heavy atom. The number of rotatable bonds is 3. The van der Waals surface area contributed by atoms with Crippen LogP contribution in [-0.2, 0) is 0 Å². The molecule has 5 heteroatoms. The summed E-state index contributed by atoms with van der Waals surface area (Å²) in [6.07, 6.45) is 0. The monoisotopic (exact) mass is 266 g/mol. The van der Waals surface area contributed by atoms with Crippen LogP contribution in [0.2, 0.25) is 5.02 Å². The Morgan fingerprint density at radius 2 is 1.94 bits per heavy atom. The molecule has 0 aromatic heterocycles. The predicted molar refractivity (Wildman–Crippen MR) is 72.1 cm³/mol. The Bertz CT molecular complexity index is 575. The molecule has 3 N–H and O–H groups in total. The SMILES string of the molecule is COc1cc(N)cc(Nc2ccc(F)c(Cl)c2)c1. The average Bonchev–Trinajstić information content (AvgIpc) is 2.33. The fourth-order valence-corrected chi connectivity index (χ4v) is 1.73. The summed E-state index contributed by atoms with van der Waals surface area (Å²) in [6.45, 7) is 0. The van der Waals surface area contributed by atoms with Gasteiger partial charge in [0.25, 0.3) is 0 Å². The average molecular weight is 267 g/mol. The van der Waals surface area contributed by atoms with Gasteiger partial charge in [0.15, 0.2) is 0 Å². The Morgan fingerprint density at radius 3 is 2.61 bits per heavy atom. The Hall–Kier alpha value is -1.94. The minimum Gasteiger partial charge on any atom is -0.497 e. The molecule has 2 aromatic rings. The van der Waals surface area contributed by atoms with Crippen molar-refractivity contribution in [1.82, 2.24) is 0 Å². The van der Waals surface area contributed by atoms with Crippen molar-refractivity contribution in [3.8, 4) is 5.75 Å². The van der Waals surface area contributed by atoms with E-state index in [4.69, 9.17) is 22.1 Å². The summed E-state index contributed by atoms with van der Waals surface area (Å²) in [5.41, 5.74) is 7.73. The van der Waals surface area contributed by atoms with Gasteiger partial charge in [0.05, 0.1) is 12.1 Å². The lowest BCUT2D eigenvalue weighted by Gasteiger charge is -2.10. The number of hydrogen-bond acceptors (Lipinski definition) is 3. The number of ether oxygens (including phenoxy) is 1. The summed E-state index contributed by atoms with van der Waals surface area (Å²) in [4.78, 5) is 0. The minimum atomic E-state index is -0.452. The van der Waals surface area contributed by atoms with E-state index in [2.05, 4.69) is 5.32 Å². The highest BCUT2D eigenvalue weighted by molar-refractivity contribution is 6.31. The molecule has 0 fully saturated rings. The highest BCUT2D eigenvalue weighted by atomic mass is 35.5. The van der Waals surface area contributed by atoms with E-state index >= 15 is 0 Å². The number of nitrogens with one attached hydrogen (secondary N) is 1. The first kappa shape index (κ1) is 12.5. The summed E-state index contributed by atoms with van der Waals surface area (Å²) in [7, 11) is 1.56. The van der Waals surface area contributed by atoms with Gasteiger partial charge in [0.1, 0.15) is 11.6 Å². The van der Waals surface area contributed by atoms with E-state index < -0.39 is 5.82 Å². The molecule has 0 aliphatic heterocycles. The quantitative estimate of drug-likeness (QED) is 0.831. The second-order valence-corrected chi connectivity index (χ2v) is 4.16. The molecule has 0 saturated heterocycles. The highest BCUT2D eigenvalue weighted by Crippen LogP contribution is 2.27. The number of methoxy groups -OCH3 is 1. The molecule has 94 valence electrons. The number of anilines is 3. The fourth-order valence-electron chi connectivity index (χ4n) is 1.55. The molecule has 0 aliphatic rings. The molecule has 18 heavy (non-hydrogen) atoms. The third-order valence-electron chi connectivity index (χ3n) is 2.37. The first-order chi connectivity index (χ1) is 8.58. The largest absolute Gasteiger partial charge is 0.497 e. The van der Waals surface area contributed by atoms with Gasteiger partial charge in [-0.3, -0.25) is 0 Å². The number of nitrogens with two attached hydrogens (primary N) is 1. The lowest BCUT2D eigenvalue weighted by Crippen LogP contribution is -1.95. The van der Waals surface area contributed by atoms with E-state index in [-0.39, 0.29) is 5.02 Å². The third kappa shape index (κ3) is 2.84. The maximum Gasteiger partial charge on any atom is 0.141 e. The molecular formula is C13H12ClFN2O. The zero-order valence-electron chi connectivity index (χ0n) is 9.71. The van der Waals surface area contributed by atoms with Crippen LogP contribution in [0.15, 0.2) is 36.4 Å². The van der Waals surface area contributed by atoms with E-state index in [1.807, 2.05) is 0 Å². The molecule has 0 radical (unpaired) electrons. The number of hydrogen-bond donors (Lipinski definition) is 2. The van der Waals surface area contributed by atoms with Gasteiger partial charge in [-0.05, 0) is 24.3 Å². The smallest absolute Gasteiger partial charge is 0.141 e. The van der Waals surface area contributed by atoms with Crippen molar-refractivity contribution in [3.05, 3.63) is 47.2 Å². The molecular weight excluding hydrogens is 255 g/mol. The van der Waals surface area contributed by atoms with Crippen LogP contribution in [0.4, 0.5) is 21.5 Å².